The molecule has 0 heterocycles. The van der Waals surface area contributed by atoms with Crippen LogP contribution in [0, 0.1) is 39.9 Å². The van der Waals surface area contributed by atoms with Crippen molar-refractivity contribution in [1.29, 1.82) is 0 Å². The van der Waals surface area contributed by atoms with Gasteiger partial charge in [0.1, 0.15) is 0 Å². The summed E-state index contributed by atoms with van der Waals surface area (Å²) in [5.74, 6) is 0.416. The minimum Gasteiger partial charge on any atom is -0.481 e. The topological polar surface area (TPSA) is 74.6 Å². The molecule has 0 spiro atoms. The van der Waals surface area contributed by atoms with Gasteiger partial charge in [0, 0.05) is 12.0 Å². The van der Waals surface area contributed by atoms with Gasteiger partial charge in [0.15, 0.2) is 0 Å². The van der Waals surface area contributed by atoms with E-state index in [9.17, 15) is 14.7 Å². The van der Waals surface area contributed by atoms with E-state index in [0.29, 0.717) is 35.7 Å². The average molecular weight is 471 g/mol. The first-order chi connectivity index (χ1) is 15.8. The number of allylic oxidation sites excluding steroid dienone is 4. The van der Waals surface area contributed by atoms with Gasteiger partial charge in [-0.1, -0.05) is 57.6 Å². The maximum atomic E-state index is 11.5. The van der Waals surface area contributed by atoms with Gasteiger partial charge in [-0.25, -0.2) is 4.79 Å². The molecule has 0 aromatic heterocycles. The van der Waals surface area contributed by atoms with Gasteiger partial charge in [0.05, 0.1) is 0 Å². The van der Waals surface area contributed by atoms with Crippen LogP contribution in [0.15, 0.2) is 35.5 Å². The second-order valence-corrected chi connectivity index (χ2v) is 12.4. The number of fused-ring (bicyclic) bond motifs is 3. The Morgan fingerprint density at radius 1 is 1.18 bits per heavy atom. The fourth-order valence-corrected chi connectivity index (χ4v) is 8.44. The molecule has 2 saturated carbocycles. The van der Waals surface area contributed by atoms with Gasteiger partial charge in [-0.15, -0.1) is 0 Å². The van der Waals surface area contributed by atoms with Crippen LogP contribution in [0.1, 0.15) is 99.3 Å². The molecule has 3 aliphatic carbocycles. The molecule has 0 saturated heterocycles. The second kappa shape index (κ2) is 9.66. The fourth-order valence-electron chi connectivity index (χ4n) is 8.44. The number of carbonyl (C=O) groups is 2. The molecule has 0 amide bonds. The summed E-state index contributed by atoms with van der Waals surface area (Å²) in [6, 6.07) is 0. The molecule has 4 nitrogen and oxygen atoms in total. The lowest BCUT2D eigenvalue weighted by Crippen LogP contribution is -2.52. The Bertz CT molecular complexity index is 897. The molecule has 2 fully saturated rings. The monoisotopic (exact) mass is 470 g/mol. The number of aliphatic carboxylic acids is 2. The van der Waals surface area contributed by atoms with E-state index >= 15 is 0 Å². The highest BCUT2D eigenvalue weighted by atomic mass is 16.4. The molecule has 4 heteroatoms. The van der Waals surface area contributed by atoms with Gasteiger partial charge in [-0.2, -0.15) is 0 Å². The van der Waals surface area contributed by atoms with E-state index in [4.69, 9.17) is 5.11 Å². The van der Waals surface area contributed by atoms with Gasteiger partial charge in [0.25, 0.3) is 0 Å². The third-order valence-electron chi connectivity index (χ3n) is 10.7. The fraction of sp³-hybridized carbons (Fsp3) is 0.733. The van der Waals surface area contributed by atoms with Crippen molar-refractivity contribution >= 4 is 11.9 Å². The molecule has 0 aromatic rings. The molecular weight excluding hydrogens is 424 g/mol. The van der Waals surface area contributed by atoms with Crippen LogP contribution in [0.2, 0.25) is 0 Å². The van der Waals surface area contributed by atoms with E-state index in [1.807, 2.05) is 6.08 Å². The second-order valence-electron chi connectivity index (χ2n) is 12.4. The molecule has 7 atom stereocenters. The molecule has 0 bridgehead atoms. The first-order valence-electron chi connectivity index (χ1n) is 13.3. The normalized spacial score (nSPS) is 38.5. The number of rotatable bonds is 9. The molecule has 3 rings (SSSR count). The summed E-state index contributed by atoms with van der Waals surface area (Å²) in [5, 5.41) is 18.6. The van der Waals surface area contributed by atoms with Gasteiger partial charge < -0.3 is 10.2 Å². The highest BCUT2D eigenvalue weighted by molar-refractivity contribution is 5.85. The van der Waals surface area contributed by atoms with Crippen LogP contribution in [0.5, 0.6) is 0 Å². The van der Waals surface area contributed by atoms with Crippen LogP contribution in [0.25, 0.3) is 0 Å². The van der Waals surface area contributed by atoms with Crippen LogP contribution < -0.4 is 0 Å². The Balaban J connectivity index is 1.87. The SMILES string of the molecule is C=C(C)C1CC=C2C(CCC3(C)C(C(C)CCC=C(C)C(=O)O)CCC23C)C1(C)CCC(=O)O. The molecule has 0 aromatic carbocycles. The smallest absolute Gasteiger partial charge is 0.330 e. The average Bonchev–Trinajstić information content (AvgIpc) is 3.03. The highest BCUT2D eigenvalue weighted by Gasteiger charge is 2.63. The van der Waals surface area contributed by atoms with Crippen molar-refractivity contribution in [2.24, 2.45) is 39.9 Å². The molecule has 7 unspecified atom stereocenters. The number of carboxylic acids is 2. The first-order valence-corrected chi connectivity index (χ1v) is 13.3. The van der Waals surface area contributed by atoms with Crippen molar-refractivity contribution in [2.75, 3.05) is 0 Å². The lowest BCUT2D eigenvalue weighted by molar-refractivity contribution is -0.138. The summed E-state index contributed by atoms with van der Waals surface area (Å²) in [6.07, 6.45) is 12.9. The zero-order valence-electron chi connectivity index (χ0n) is 22.2. The minimum atomic E-state index is -0.824. The third-order valence-corrected chi connectivity index (χ3v) is 10.7. The predicted octanol–water partition coefficient (Wildman–Crippen LogP) is 7.66. The van der Waals surface area contributed by atoms with Gasteiger partial charge >= 0.3 is 11.9 Å². The molecule has 2 N–H and O–H groups in total. The molecule has 34 heavy (non-hydrogen) atoms. The van der Waals surface area contributed by atoms with Crippen molar-refractivity contribution in [3.63, 3.8) is 0 Å². The molecule has 0 radical (unpaired) electrons. The largest absolute Gasteiger partial charge is 0.481 e. The highest BCUT2D eigenvalue weighted by Crippen LogP contribution is 2.71. The molecular formula is C30H46O4. The quantitative estimate of drug-likeness (QED) is 0.268. The van der Waals surface area contributed by atoms with E-state index < -0.39 is 11.9 Å². The number of hydrogen-bond donors (Lipinski definition) is 2. The van der Waals surface area contributed by atoms with Gasteiger partial charge in [0.2, 0.25) is 0 Å². The maximum absolute atomic E-state index is 11.5. The van der Waals surface area contributed by atoms with Crippen molar-refractivity contribution < 1.29 is 19.8 Å². The number of carboxylic acid groups (broad SMARTS) is 2. The van der Waals surface area contributed by atoms with Gasteiger partial charge in [-0.3, -0.25) is 4.79 Å². The lowest BCUT2D eigenvalue weighted by Gasteiger charge is -2.60. The lowest BCUT2D eigenvalue weighted by atomic mass is 9.44. The zero-order valence-corrected chi connectivity index (χ0v) is 22.2. The van der Waals surface area contributed by atoms with E-state index in [-0.39, 0.29) is 22.7 Å². The van der Waals surface area contributed by atoms with E-state index in [1.54, 1.807) is 12.5 Å². The summed E-state index contributed by atoms with van der Waals surface area (Å²) in [5.41, 5.74) is 3.54. The predicted molar refractivity (Wildman–Crippen MR) is 137 cm³/mol. The maximum Gasteiger partial charge on any atom is 0.330 e. The minimum absolute atomic E-state index is 0.0541. The van der Waals surface area contributed by atoms with Crippen LogP contribution in [-0.2, 0) is 9.59 Å². The van der Waals surface area contributed by atoms with E-state index in [0.717, 1.165) is 25.7 Å². The van der Waals surface area contributed by atoms with Crippen LogP contribution in [0.4, 0.5) is 0 Å². The van der Waals surface area contributed by atoms with Crippen molar-refractivity contribution in [3.05, 3.63) is 35.5 Å². The first kappa shape index (κ1) is 26.8. The van der Waals surface area contributed by atoms with E-state index in [2.05, 4.69) is 47.3 Å². The summed E-state index contributed by atoms with van der Waals surface area (Å²) >= 11 is 0. The summed E-state index contributed by atoms with van der Waals surface area (Å²) < 4.78 is 0. The number of hydrogen-bond acceptors (Lipinski definition) is 2. The van der Waals surface area contributed by atoms with Crippen LogP contribution >= 0.6 is 0 Å². The van der Waals surface area contributed by atoms with Gasteiger partial charge in [-0.05, 0) is 105 Å². The Morgan fingerprint density at radius 2 is 1.85 bits per heavy atom. The Hall–Kier alpha value is -1.84. The summed E-state index contributed by atoms with van der Waals surface area (Å²) in [4.78, 5) is 22.7. The molecule has 190 valence electrons. The third kappa shape index (κ3) is 4.42. The van der Waals surface area contributed by atoms with E-state index in [1.165, 1.54) is 24.8 Å². The van der Waals surface area contributed by atoms with Crippen molar-refractivity contribution in [1.82, 2.24) is 0 Å². The Kier molecular flexibility index (Phi) is 7.60. The Morgan fingerprint density at radius 3 is 2.44 bits per heavy atom. The molecule has 3 aliphatic rings. The van der Waals surface area contributed by atoms with Crippen molar-refractivity contribution in [3.8, 4) is 0 Å². The summed E-state index contributed by atoms with van der Waals surface area (Å²) in [7, 11) is 0. The molecule has 0 aliphatic heterocycles. The van der Waals surface area contributed by atoms with Crippen LogP contribution in [0.3, 0.4) is 0 Å². The zero-order chi connectivity index (χ0) is 25.5. The standard InChI is InChI=1S/C30H46O4/c1-19(2)22-11-12-25-24(28(22,5)16-15-26(31)32)14-18-29(6)23(13-17-30(25,29)7)20(3)9-8-10-21(4)27(33)34/h10,12,20,22-24H,1,8-9,11,13-18H2,2-7H3,(H,31,32)(H,33,34). The Labute approximate surface area is 206 Å². The summed E-state index contributed by atoms with van der Waals surface area (Å²) in [6.45, 7) is 17.8. The van der Waals surface area contributed by atoms with Crippen LogP contribution in [-0.4, -0.2) is 22.2 Å². The van der Waals surface area contributed by atoms with Crippen molar-refractivity contribution in [2.45, 2.75) is 99.3 Å².